The van der Waals surface area contributed by atoms with Gasteiger partial charge in [-0.2, -0.15) is 0 Å². The van der Waals surface area contributed by atoms with Gasteiger partial charge in [-0.3, -0.25) is 0 Å². The van der Waals surface area contributed by atoms with Crippen molar-refractivity contribution >= 4 is 5.84 Å². The molecule has 0 bridgehead atoms. The Labute approximate surface area is 117 Å². The van der Waals surface area contributed by atoms with Gasteiger partial charge in [0.2, 0.25) is 0 Å². The van der Waals surface area contributed by atoms with E-state index in [1.54, 1.807) is 0 Å². The number of hydrogen-bond acceptors (Lipinski definition) is 4. The van der Waals surface area contributed by atoms with Crippen molar-refractivity contribution in [2.24, 2.45) is 22.2 Å². The van der Waals surface area contributed by atoms with E-state index in [4.69, 9.17) is 10.9 Å². The first kappa shape index (κ1) is 16.2. The lowest BCUT2D eigenvalue weighted by atomic mass is 9.88. The zero-order valence-corrected chi connectivity index (χ0v) is 12.9. The highest BCUT2D eigenvalue weighted by Crippen LogP contribution is 2.21. The molecule has 0 aliphatic carbocycles. The van der Waals surface area contributed by atoms with Crippen molar-refractivity contribution in [2.75, 3.05) is 39.3 Å². The normalized spacial score (nSPS) is 20.2. The van der Waals surface area contributed by atoms with E-state index in [-0.39, 0.29) is 5.41 Å². The van der Waals surface area contributed by atoms with Crippen LogP contribution in [-0.4, -0.2) is 60.1 Å². The lowest BCUT2D eigenvalue weighted by molar-refractivity contribution is 0.115. The molecule has 1 fully saturated rings. The van der Waals surface area contributed by atoms with E-state index in [9.17, 15) is 0 Å². The van der Waals surface area contributed by atoms with Crippen LogP contribution in [0.2, 0.25) is 0 Å². The largest absolute Gasteiger partial charge is 0.409 e. The third-order valence-corrected chi connectivity index (χ3v) is 3.94. The molecular weight excluding hydrogens is 240 g/mol. The topological polar surface area (TPSA) is 65.1 Å². The number of nitrogens with two attached hydrogens (primary N) is 1. The van der Waals surface area contributed by atoms with Crippen LogP contribution in [0, 0.1) is 11.3 Å². The molecule has 5 nitrogen and oxygen atoms in total. The summed E-state index contributed by atoms with van der Waals surface area (Å²) in [4.78, 5) is 5.01. The molecule has 0 aromatic carbocycles. The lowest BCUT2D eigenvalue weighted by Gasteiger charge is -2.36. The first-order valence-electron chi connectivity index (χ1n) is 7.28. The Balaban J connectivity index is 2.30. The van der Waals surface area contributed by atoms with E-state index in [0.717, 1.165) is 45.1 Å². The maximum absolute atomic E-state index is 8.77. The Morgan fingerprint density at radius 2 is 1.74 bits per heavy atom. The van der Waals surface area contributed by atoms with Crippen LogP contribution >= 0.6 is 0 Å². The van der Waals surface area contributed by atoms with Crippen LogP contribution < -0.4 is 5.73 Å². The third kappa shape index (κ3) is 5.37. The van der Waals surface area contributed by atoms with Crippen molar-refractivity contribution in [3.63, 3.8) is 0 Å². The molecule has 1 saturated heterocycles. The summed E-state index contributed by atoms with van der Waals surface area (Å²) < 4.78 is 0. The zero-order valence-electron chi connectivity index (χ0n) is 12.9. The van der Waals surface area contributed by atoms with Crippen LogP contribution in [0.15, 0.2) is 5.16 Å². The zero-order chi connectivity index (χ0) is 14.5. The monoisotopic (exact) mass is 270 g/mol. The fourth-order valence-corrected chi connectivity index (χ4v) is 2.41. The Hall–Kier alpha value is -0.810. The molecule has 1 rings (SSSR count). The Morgan fingerprint density at radius 1 is 1.21 bits per heavy atom. The highest BCUT2D eigenvalue weighted by atomic mass is 16.4. The molecule has 0 spiro atoms. The number of piperazine rings is 1. The van der Waals surface area contributed by atoms with Crippen LogP contribution in [0.3, 0.4) is 0 Å². The molecule has 112 valence electrons. The van der Waals surface area contributed by atoms with Gasteiger partial charge in [-0.1, -0.05) is 32.9 Å². The smallest absolute Gasteiger partial charge is 0.144 e. The van der Waals surface area contributed by atoms with E-state index < -0.39 is 0 Å². The van der Waals surface area contributed by atoms with Gasteiger partial charge in [-0.05, 0) is 18.9 Å². The Kier molecular flexibility index (Phi) is 6.07. The number of oxime groups is 1. The maximum atomic E-state index is 8.77. The molecule has 3 N–H and O–H groups in total. The summed E-state index contributed by atoms with van der Waals surface area (Å²) in [7, 11) is 0. The summed E-state index contributed by atoms with van der Waals surface area (Å²) in [6, 6.07) is 0. The molecule has 1 aliphatic rings. The number of nitrogens with zero attached hydrogens (tertiary/aromatic N) is 3. The van der Waals surface area contributed by atoms with Gasteiger partial charge in [-0.15, -0.1) is 0 Å². The van der Waals surface area contributed by atoms with Crippen molar-refractivity contribution in [1.82, 2.24) is 9.80 Å². The van der Waals surface area contributed by atoms with Crippen molar-refractivity contribution in [1.29, 1.82) is 0 Å². The van der Waals surface area contributed by atoms with Crippen LogP contribution in [0.1, 0.15) is 34.1 Å². The van der Waals surface area contributed by atoms with Gasteiger partial charge in [-0.25, -0.2) is 0 Å². The van der Waals surface area contributed by atoms with Crippen molar-refractivity contribution < 1.29 is 5.21 Å². The van der Waals surface area contributed by atoms with Gasteiger partial charge in [0.15, 0.2) is 0 Å². The third-order valence-electron chi connectivity index (χ3n) is 3.94. The molecule has 1 aliphatic heterocycles. The van der Waals surface area contributed by atoms with E-state index in [2.05, 4.69) is 28.8 Å². The van der Waals surface area contributed by atoms with Crippen molar-refractivity contribution in [3.8, 4) is 0 Å². The molecular formula is C14H30N4O. The fourth-order valence-electron chi connectivity index (χ4n) is 2.41. The number of amidine groups is 1. The minimum atomic E-state index is -0.232. The Bertz CT molecular complexity index is 294. The van der Waals surface area contributed by atoms with Crippen molar-refractivity contribution in [3.05, 3.63) is 0 Å². The van der Waals surface area contributed by atoms with E-state index in [0.29, 0.717) is 5.84 Å². The second-order valence-electron chi connectivity index (χ2n) is 6.66. The lowest BCUT2D eigenvalue weighted by Crippen LogP contribution is -2.48. The molecule has 0 aromatic rings. The SMILES string of the molecule is CC(C)CN1CCN(CCC(C)(C)C(N)=NO)CC1. The second-order valence-corrected chi connectivity index (χ2v) is 6.66. The van der Waals surface area contributed by atoms with Crippen LogP contribution in [0.25, 0.3) is 0 Å². The van der Waals surface area contributed by atoms with Gasteiger partial charge in [0.25, 0.3) is 0 Å². The molecule has 0 unspecified atom stereocenters. The first-order chi connectivity index (χ1) is 8.85. The summed E-state index contributed by atoms with van der Waals surface area (Å²) in [6.45, 7) is 15.4. The standard InChI is InChI=1S/C14H30N4O/c1-12(2)11-18-9-7-17(8-10-18)6-5-14(3,4)13(15)16-19/h12,19H,5-11H2,1-4H3,(H2,15,16). The molecule has 0 amide bonds. The van der Waals surface area contributed by atoms with Gasteiger partial charge in [0.05, 0.1) is 0 Å². The first-order valence-corrected chi connectivity index (χ1v) is 7.28. The van der Waals surface area contributed by atoms with Gasteiger partial charge < -0.3 is 20.7 Å². The predicted molar refractivity (Wildman–Crippen MR) is 79.5 cm³/mol. The molecule has 0 atom stereocenters. The van der Waals surface area contributed by atoms with E-state index in [1.165, 1.54) is 6.54 Å². The summed E-state index contributed by atoms with van der Waals surface area (Å²) in [5.74, 6) is 1.07. The average Bonchev–Trinajstić information content (AvgIpc) is 2.36. The van der Waals surface area contributed by atoms with Crippen LogP contribution in [0.5, 0.6) is 0 Å². The van der Waals surface area contributed by atoms with Gasteiger partial charge >= 0.3 is 0 Å². The summed E-state index contributed by atoms with van der Waals surface area (Å²) >= 11 is 0. The fraction of sp³-hybridized carbons (Fsp3) is 0.929. The summed E-state index contributed by atoms with van der Waals surface area (Å²) in [6.07, 6.45) is 0.924. The number of hydrogen-bond donors (Lipinski definition) is 2. The predicted octanol–water partition coefficient (Wildman–Crippen LogP) is 1.42. The maximum Gasteiger partial charge on any atom is 0.144 e. The molecule has 0 radical (unpaired) electrons. The van der Waals surface area contributed by atoms with E-state index in [1.807, 2.05) is 13.8 Å². The molecule has 0 saturated carbocycles. The van der Waals surface area contributed by atoms with Crippen LogP contribution in [-0.2, 0) is 0 Å². The summed E-state index contributed by atoms with van der Waals surface area (Å²) in [5, 5.41) is 11.9. The van der Waals surface area contributed by atoms with Gasteiger partial charge in [0, 0.05) is 38.1 Å². The highest BCUT2D eigenvalue weighted by Gasteiger charge is 2.25. The van der Waals surface area contributed by atoms with Crippen LogP contribution in [0.4, 0.5) is 0 Å². The minimum Gasteiger partial charge on any atom is -0.409 e. The molecule has 1 heterocycles. The molecule has 0 aromatic heterocycles. The van der Waals surface area contributed by atoms with E-state index >= 15 is 0 Å². The second kappa shape index (κ2) is 7.10. The summed E-state index contributed by atoms with van der Waals surface area (Å²) in [5.41, 5.74) is 5.48. The quantitative estimate of drug-likeness (QED) is 0.332. The van der Waals surface area contributed by atoms with Crippen molar-refractivity contribution in [2.45, 2.75) is 34.1 Å². The molecule has 19 heavy (non-hydrogen) atoms. The average molecular weight is 270 g/mol. The number of rotatable bonds is 6. The van der Waals surface area contributed by atoms with Gasteiger partial charge in [0.1, 0.15) is 5.84 Å². The highest BCUT2D eigenvalue weighted by molar-refractivity contribution is 5.85. The Morgan fingerprint density at radius 3 is 2.21 bits per heavy atom. The molecule has 5 heteroatoms. The minimum absolute atomic E-state index is 0.232.